The van der Waals surface area contributed by atoms with Crippen molar-refractivity contribution in [3.8, 4) is 0 Å². The molecule has 0 aliphatic rings. The number of aromatic carboxylic acids is 1. The molecule has 1 radical (unpaired) electrons. The minimum absolute atomic E-state index is 0. The Kier molecular flexibility index (Phi) is 3.53. The fraction of sp³-hybridized carbons (Fsp3) is 0. The first-order valence-corrected chi connectivity index (χ1v) is 2.05. The molecule has 1 aromatic heterocycles. The standard InChI is InChI=1S/C5H4O3.Hg/c6-5(7)4-2-1-3-8-4;/h1-3H,(H,6,7);/q;+1/p-1. The average Bonchev–Trinajstić information content (AvgIpc) is 2.12. The van der Waals surface area contributed by atoms with Crippen molar-refractivity contribution < 1.29 is 42.0 Å². The normalized spacial score (nSPS) is 8.00. The SMILES string of the molecule is O=C([O-])c1ccco1.[Hg+]. The van der Waals surface area contributed by atoms with Gasteiger partial charge in [0, 0.05) is 0 Å². The molecule has 4 heteroatoms. The molecule has 0 saturated carbocycles. The molecular weight excluding hydrogens is 309 g/mol. The number of carbonyl (C=O) groups is 1. The van der Waals surface area contributed by atoms with E-state index in [9.17, 15) is 9.90 Å². The topological polar surface area (TPSA) is 53.3 Å². The summed E-state index contributed by atoms with van der Waals surface area (Å²) < 4.78 is 4.43. The zero-order valence-electron chi connectivity index (χ0n) is 4.66. The zero-order chi connectivity index (χ0) is 5.98. The Hall–Kier alpha value is -0.315. The van der Waals surface area contributed by atoms with Crippen LogP contribution in [0.5, 0.6) is 0 Å². The molecule has 0 fully saturated rings. The van der Waals surface area contributed by atoms with E-state index in [1.807, 2.05) is 0 Å². The van der Waals surface area contributed by atoms with Gasteiger partial charge >= 0.3 is 27.7 Å². The van der Waals surface area contributed by atoms with Crippen LogP contribution in [-0.4, -0.2) is 5.97 Å². The minimum Gasteiger partial charge on any atom is -0.542 e. The predicted octanol–water partition coefficient (Wildman–Crippen LogP) is -0.359. The van der Waals surface area contributed by atoms with Crippen LogP contribution in [0.1, 0.15) is 10.6 Å². The molecule has 0 saturated heterocycles. The molecule has 1 heterocycles. The third kappa shape index (κ3) is 2.18. The van der Waals surface area contributed by atoms with Gasteiger partial charge in [0.25, 0.3) is 0 Å². The Morgan fingerprint density at radius 2 is 2.33 bits per heavy atom. The van der Waals surface area contributed by atoms with E-state index in [2.05, 4.69) is 4.42 Å². The molecule has 43 valence electrons. The van der Waals surface area contributed by atoms with E-state index in [1.54, 1.807) is 0 Å². The van der Waals surface area contributed by atoms with Crippen molar-refractivity contribution in [2.75, 3.05) is 0 Å². The molecule has 0 unspecified atom stereocenters. The van der Waals surface area contributed by atoms with Crippen LogP contribution in [0.15, 0.2) is 22.8 Å². The van der Waals surface area contributed by atoms with Gasteiger partial charge in [0.05, 0.1) is 6.26 Å². The Morgan fingerprint density at radius 3 is 2.56 bits per heavy atom. The number of hydrogen-bond acceptors (Lipinski definition) is 3. The minimum atomic E-state index is -1.28. The average molecular weight is 312 g/mol. The quantitative estimate of drug-likeness (QED) is 0.666. The molecule has 0 aliphatic heterocycles. The third-order valence-corrected chi connectivity index (χ3v) is 0.722. The summed E-state index contributed by atoms with van der Waals surface area (Å²) in [6.07, 6.45) is 1.28. The molecule has 0 bridgehead atoms. The van der Waals surface area contributed by atoms with Gasteiger partial charge in [0.15, 0.2) is 0 Å². The zero-order valence-corrected chi connectivity index (χ0v) is 10.2. The van der Waals surface area contributed by atoms with Gasteiger partial charge in [-0.2, -0.15) is 0 Å². The van der Waals surface area contributed by atoms with E-state index in [0.717, 1.165) is 0 Å². The van der Waals surface area contributed by atoms with E-state index < -0.39 is 5.97 Å². The second-order valence-electron chi connectivity index (χ2n) is 1.26. The molecule has 3 nitrogen and oxygen atoms in total. The smallest absolute Gasteiger partial charge is 0.542 e. The molecule has 9 heavy (non-hydrogen) atoms. The van der Waals surface area contributed by atoms with E-state index in [4.69, 9.17) is 0 Å². The summed E-state index contributed by atoms with van der Waals surface area (Å²) in [5, 5.41) is 9.86. The van der Waals surface area contributed by atoms with Crippen LogP contribution in [0, 0.1) is 0 Å². The molecule has 1 rings (SSSR count). The number of rotatable bonds is 1. The van der Waals surface area contributed by atoms with Gasteiger partial charge in [0.1, 0.15) is 11.7 Å². The molecule has 0 aromatic carbocycles. The largest absolute Gasteiger partial charge is 1.00 e. The summed E-state index contributed by atoms with van der Waals surface area (Å²) in [5.41, 5.74) is 0. The second kappa shape index (κ2) is 3.66. The summed E-state index contributed by atoms with van der Waals surface area (Å²) in [6.45, 7) is 0. The van der Waals surface area contributed by atoms with Crippen molar-refractivity contribution in [2.45, 2.75) is 0 Å². The fourth-order valence-corrected chi connectivity index (χ4v) is 0.395. The maximum Gasteiger partial charge on any atom is 1.00 e. The first-order chi connectivity index (χ1) is 3.80. The van der Waals surface area contributed by atoms with Crippen molar-refractivity contribution >= 4 is 5.97 Å². The monoisotopic (exact) mass is 313 g/mol. The Labute approximate surface area is 72.2 Å². The predicted molar refractivity (Wildman–Crippen MR) is 23.0 cm³/mol. The Bertz CT molecular complexity index is 180. The first kappa shape index (κ1) is 8.69. The molecule has 1 aromatic rings. The Balaban J connectivity index is 0.000000640. The summed E-state index contributed by atoms with van der Waals surface area (Å²) in [5.74, 6) is -1.42. The van der Waals surface area contributed by atoms with E-state index in [-0.39, 0.29) is 33.4 Å². The van der Waals surface area contributed by atoms with Crippen LogP contribution < -0.4 is 5.11 Å². The van der Waals surface area contributed by atoms with Crippen molar-refractivity contribution in [3.63, 3.8) is 0 Å². The van der Waals surface area contributed by atoms with Crippen molar-refractivity contribution in [1.29, 1.82) is 0 Å². The van der Waals surface area contributed by atoms with E-state index >= 15 is 0 Å². The summed E-state index contributed by atoms with van der Waals surface area (Å²) in [4.78, 5) is 9.86. The van der Waals surface area contributed by atoms with Crippen molar-refractivity contribution in [2.24, 2.45) is 0 Å². The summed E-state index contributed by atoms with van der Waals surface area (Å²) in [7, 11) is 0. The number of carboxylic acid groups (broad SMARTS) is 1. The molecule has 0 aliphatic carbocycles. The van der Waals surface area contributed by atoms with Gasteiger partial charge < -0.3 is 14.3 Å². The summed E-state index contributed by atoms with van der Waals surface area (Å²) in [6, 6.07) is 2.82. The molecule has 0 spiro atoms. The number of carboxylic acids is 1. The molecule has 0 N–H and O–H groups in total. The van der Waals surface area contributed by atoms with Crippen LogP contribution in [-0.2, 0) is 27.7 Å². The fourth-order valence-electron chi connectivity index (χ4n) is 0.395. The van der Waals surface area contributed by atoms with Gasteiger partial charge in [-0.1, -0.05) is 0 Å². The Morgan fingerprint density at radius 1 is 1.67 bits per heavy atom. The molecular formula is C5H3HgO3. The van der Waals surface area contributed by atoms with Crippen LogP contribution in [0.3, 0.4) is 0 Å². The van der Waals surface area contributed by atoms with Crippen LogP contribution in [0.25, 0.3) is 0 Å². The molecule has 0 atom stereocenters. The number of furan rings is 1. The maximum absolute atomic E-state index is 9.86. The van der Waals surface area contributed by atoms with E-state index in [1.165, 1.54) is 18.4 Å². The van der Waals surface area contributed by atoms with Gasteiger partial charge in [0.2, 0.25) is 0 Å². The van der Waals surface area contributed by atoms with Gasteiger partial charge in [-0.3, -0.25) is 0 Å². The van der Waals surface area contributed by atoms with Crippen molar-refractivity contribution in [3.05, 3.63) is 24.2 Å². The van der Waals surface area contributed by atoms with Crippen molar-refractivity contribution in [1.82, 2.24) is 0 Å². The first-order valence-electron chi connectivity index (χ1n) is 2.05. The van der Waals surface area contributed by atoms with Crippen LogP contribution in [0.2, 0.25) is 0 Å². The van der Waals surface area contributed by atoms with E-state index in [0.29, 0.717) is 0 Å². The third-order valence-electron chi connectivity index (χ3n) is 0.722. The molecule has 0 amide bonds. The van der Waals surface area contributed by atoms with Gasteiger partial charge in [-0.25, -0.2) is 0 Å². The summed E-state index contributed by atoms with van der Waals surface area (Å²) >= 11 is 0. The number of hydrogen-bond donors (Lipinski definition) is 0. The van der Waals surface area contributed by atoms with Crippen LogP contribution >= 0.6 is 0 Å². The second-order valence-corrected chi connectivity index (χ2v) is 1.26. The van der Waals surface area contributed by atoms with Crippen LogP contribution in [0.4, 0.5) is 0 Å². The van der Waals surface area contributed by atoms with Gasteiger partial charge in [-0.15, -0.1) is 0 Å². The van der Waals surface area contributed by atoms with Gasteiger partial charge in [-0.05, 0) is 12.1 Å². The number of carbonyl (C=O) groups excluding carboxylic acids is 1. The maximum atomic E-state index is 9.86.